The minimum Gasteiger partial charge on any atom is -0.454 e. The molecule has 1 N–H and O–H groups in total. The molecule has 0 bridgehead atoms. The van der Waals surface area contributed by atoms with Crippen molar-refractivity contribution in [3.8, 4) is 11.5 Å². The number of nitrogens with one attached hydrogen (secondary N) is 1. The summed E-state index contributed by atoms with van der Waals surface area (Å²) in [4.78, 5) is 26.9. The van der Waals surface area contributed by atoms with Crippen LogP contribution in [0.1, 0.15) is 42.4 Å². The summed E-state index contributed by atoms with van der Waals surface area (Å²) >= 11 is 0. The normalized spacial score (nSPS) is 15.1. The number of ether oxygens (including phenoxy) is 3. The maximum atomic E-state index is 12.8. The smallest absolute Gasteiger partial charge is 0.410 e. The number of benzene rings is 1. The second kappa shape index (κ2) is 6.98. The van der Waals surface area contributed by atoms with Crippen molar-refractivity contribution in [3.63, 3.8) is 0 Å². The van der Waals surface area contributed by atoms with Crippen LogP contribution in [0.5, 0.6) is 11.5 Å². The molecule has 1 aromatic carbocycles. The van der Waals surface area contributed by atoms with Crippen LogP contribution in [0.3, 0.4) is 0 Å². The van der Waals surface area contributed by atoms with E-state index in [1.807, 2.05) is 20.8 Å². The van der Waals surface area contributed by atoms with Crippen LogP contribution in [-0.2, 0) is 24.8 Å². The summed E-state index contributed by atoms with van der Waals surface area (Å²) in [6.07, 6.45) is 0.225. The Bertz CT molecular complexity index is 976. The minimum atomic E-state index is -0.567. The van der Waals surface area contributed by atoms with Gasteiger partial charge in [0.15, 0.2) is 11.5 Å². The predicted octanol–water partition coefficient (Wildman–Crippen LogP) is 2.69. The second-order valence-corrected chi connectivity index (χ2v) is 8.07. The molecule has 1 aromatic heterocycles. The van der Waals surface area contributed by atoms with Crippen molar-refractivity contribution < 1.29 is 23.8 Å². The molecule has 0 atom stereocenters. The molecule has 2 aliphatic heterocycles. The van der Waals surface area contributed by atoms with Gasteiger partial charge in [0.1, 0.15) is 11.4 Å². The zero-order valence-corrected chi connectivity index (χ0v) is 16.9. The van der Waals surface area contributed by atoms with E-state index in [1.54, 1.807) is 34.8 Å². The number of anilines is 1. The summed E-state index contributed by atoms with van der Waals surface area (Å²) in [6.45, 7) is 6.50. The zero-order valence-electron chi connectivity index (χ0n) is 16.9. The number of fused-ring (bicyclic) bond motifs is 2. The Morgan fingerprint density at radius 2 is 1.97 bits per heavy atom. The van der Waals surface area contributed by atoms with Gasteiger partial charge in [0.05, 0.1) is 12.2 Å². The lowest BCUT2D eigenvalue weighted by Crippen LogP contribution is -2.40. The molecule has 0 spiro atoms. The third-order valence-electron chi connectivity index (χ3n) is 4.71. The Kier molecular flexibility index (Phi) is 4.60. The van der Waals surface area contributed by atoms with Gasteiger partial charge >= 0.3 is 6.09 Å². The Morgan fingerprint density at radius 1 is 1.21 bits per heavy atom. The lowest BCUT2D eigenvalue weighted by molar-refractivity contribution is 0.0224. The number of rotatable bonds is 2. The van der Waals surface area contributed by atoms with Gasteiger partial charge in [0, 0.05) is 31.1 Å². The van der Waals surface area contributed by atoms with E-state index < -0.39 is 5.60 Å². The first-order valence-corrected chi connectivity index (χ1v) is 9.45. The van der Waals surface area contributed by atoms with Gasteiger partial charge in [-0.2, -0.15) is 5.10 Å². The fourth-order valence-electron chi connectivity index (χ4n) is 3.36. The summed E-state index contributed by atoms with van der Waals surface area (Å²) in [6, 6.07) is 5.03. The molecule has 4 rings (SSSR count). The molecule has 0 saturated heterocycles. The van der Waals surface area contributed by atoms with Crippen LogP contribution in [-0.4, -0.2) is 45.6 Å². The Balaban J connectivity index is 1.53. The van der Waals surface area contributed by atoms with Crippen LogP contribution in [0.2, 0.25) is 0 Å². The summed E-state index contributed by atoms with van der Waals surface area (Å²) in [5, 5.41) is 7.42. The van der Waals surface area contributed by atoms with Gasteiger partial charge in [-0.15, -0.1) is 0 Å². The highest BCUT2D eigenvalue weighted by Gasteiger charge is 2.30. The van der Waals surface area contributed by atoms with E-state index in [2.05, 4.69) is 10.4 Å². The fraction of sp³-hybridized carbons (Fsp3) is 0.450. The Labute approximate surface area is 168 Å². The van der Waals surface area contributed by atoms with Gasteiger partial charge in [-0.1, -0.05) is 0 Å². The van der Waals surface area contributed by atoms with Crippen LogP contribution in [0.25, 0.3) is 0 Å². The van der Waals surface area contributed by atoms with Crippen LogP contribution in [0.15, 0.2) is 18.2 Å². The molecular formula is C20H24N4O5. The number of aryl methyl sites for hydroxylation is 1. The van der Waals surface area contributed by atoms with Crippen molar-refractivity contribution in [1.82, 2.24) is 14.7 Å². The summed E-state index contributed by atoms with van der Waals surface area (Å²) in [7, 11) is 1.77. The van der Waals surface area contributed by atoms with Crippen molar-refractivity contribution in [2.24, 2.45) is 7.05 Å². The largest absolute Gasteiger partial charge is 0.454 e. The molecule has 9 nitrogen and oxygen atoms in total. The minimum absolute atomic E-state index is 0.149. The molecular weight excluding hydrogens is 376 g/mol. The molecule has 154 valence electrons. The van der Waals surface area contributed by atoms with E-state index in [4.69, 9.17) is 14.2 Å². The number of nitrogens with zero attached hydrogens (tertiary/aromatic N) is 3. The van der Waals surface area contributed by atoms with Crippen molar-refractivity contribution in [3.05, 3.63) is 35.0 Å². The van der Waals surface area contributed by atoms with Gasteiger partial charge in [0.2, 0.25) is 6.79 Å². The molecule has 29 heavy (non-hydrogen) atoms. The zero-order chi connectivity index (χ0) is 20.8. The highest BCUT2D eigenvalue weighted by atomic mass is 16.7. The molecule has 2 aromatic rings. The van der Waals surface area contributed by atoms with Crippen LogP contribution < -0.4 is 14.8 Å². The van der Waals surface area contributed by atoms with Gasteiger partial charge in [0.25, 0.3) is 5.91 Å². The Hall–Kier alpha value is -3.23. The van der Waals surface area contributed by atoms with E-state index >= 15 is 0 Å². The van der Waals surface area contributed by atoms with Crippen molar-refractivity contribution in [2.45, 2.75) is 39.3 Å². The molecule has 2 amide bonds. The third-order valence-corrected chi connectivity index (χ3v) is 4.71. The monoisotopic (exact) mass is 400 g/mol. The Morgan fingerprint density at radius 3 is 2.72 bits per heavy atom. The summed E-state index contributed by atoms with van der Waals surface area (Å²) in [5.41, 5.74) is 1.57. The van der Waals surface area contributed by atoms with E-state index in [9.17, 15) is 9.59 Å². The molecule has 0 fully saturated rings. The molecule has 0 unspecified atom stereocenters. The van der Waals surface area contributed by atoms with Crippen molar-refractivity contribution in [2.75, 3.05) is 18.7 Å². The molecule has 9 heteroatoms. The highest BCUT2D eigenvalue weighted by molar-refractivity contribution is 6.04. The standard InChI is InChI=1S/C20H24N4O5/c1-20(2,3)29-19(26)24-8-7-14-13(10-24)17(23(4)22-14)21-18(25)12-5-6-15-16(9-12)28-11-27-15/h5-6,9H,7-8,10-11H2,1-4H3,(H,21,25). The lowest BCUT2D eigenvalue weighted by atomic mass is 10.1. The van der Waals surface area contributed by atoms with E-state index in [1.165, 1.54) is 0 Å². The quantitative estimate of drug-likeness (QED) is 0.833. The second-order valence-electron chi connectivity index (χ2n) is 8.07. The third kappa shape index (κ3) is 3.85. The number of carbonyl (C=O) groups is 2. The van der Waals surface area contributed by atoms with E-state index in [0.717, 1.165) is 11.3 Å². The SMILES string of the molecule is Cn1nc2c(c1NC(=O)c1ccc3c(c1)OCO3)CN(C(=O)OC(C)(C)C)CC2. The molecule has 0 radical (unpaired) electrons. The van der Waals surface area contributed by atoms with Gasteiger partial charge in [-0.25, -0.2) is 4.79 Å². The fourth-order valence-corrected chi connectivity index (χ4v) is 3.36. The number of carbonyl (C=O) groups excluding carboxylic acids is 2. The van der Waals surface area contributed by atoms with Gasteiger partial charge < -0.3 is 24.4 Å². The number of amides is 2. The maximum absolute atomic E-state index is 12.8. The van der Waals surface area contributed by atoms with Crippen LogP contribution in [0, 0.1) is 0 Å². The molecule has 0 saturated carbocycles. The predicted molar refractivity (Wildman–Crippen MR) is 104 cm³/mol. The van der Waals surface area contributed by atoms with Crippen LogP contribution in [0.4, 0.5) is 10.6 Å². The number of aromatic nitrogens is 2. The lowest BCUT2D eigenvalue weighted by Gasteiger charge is -2.29. The number of hydrogen-bond acceptors (Lipinski definition) is 6. The number of hydrogen-bond donors (Lipinski definition) is 1. The average molecular weight is 400 g/mol. The van der Waals surface area contributed by atoms with Crippen molar-refractivity contribution >= 4 is 17.8 Å². The van der Waals surface area contributed by atoms with E-state index in [-0.39, 0.29) is 18.8 Å². The highest BCUT2D eigenvalue weighted by Crippen LogP contribution is 2.33. The van der Waals surface area contributed by atoms with Crippen molar-refractivity contribution in [1.29, 1.82) is 0 Å². The summed E-state index contributed by atoms with van der Waals surface area (Å²) < 4.78 is 17.7. The first kappa shape index (κ1) is 19.1. The first-order valence-electron chi connectivity index (χ1n) is 9.45. The first-order chi connectivity index (χ1) is 13.7. The topological polar surface area (TPSA) is 94.9 Å². The van der Waals surface area contributed by atoms with Gasteiger partial charge in [-0.05, 0) is 39.0 Å². The van der Waals surface area contributed by atoms with E-state index in [0.29, 0.717) is 42.4 Å². The molecule has 0 aliphatic carbocycles. The van der Waals surface area contributed by atoms with Crippen LogP contribution >= 0.6 is 0 Å². The molecule has 3 heterocycles. The average Bonchev–Trinajstić information content (AvgIpc) is 3.23. The maximum Gasteiger partial charge on any atom is 0.410 e. The summed E-state index contributed by atoms with van der Waals surface area (Å²) in [5.74, 6) is 1.44. The molecule has 2 aliphatic rings. The van der Waals surface area contributed by atoms with Gasteiger partial charge in [-0.3, -0.25) is 9.48 Å².